The van der Waals surface area contributed by atoms with Crippen molar-refractivity contribution in [2.24, 2.45) is 0 Å². The Morgan fingerprint density at radius 2 is 0.600 bits per heavy atom. The van der Waals surface area contributed by atoms with Crippen LogP contribution in [0.15, 0.2) is 48.5 Å². The van der Waals surface area contributed by atoms with Crippen LogP contribution in [0.3, 0.4) is 0 Å². The van der Waals surface area contributed by atoms with E-state index in [1.165, 1.54) is 211 Å². The highest BCUT2D eigenvalue weighted by molar-refractivity contribution is 5.66. The van der Waals surface area contributed by atoms with Crippen molar-refractivity contribution in [1.82, 2.24) is 15.0 Å². The molecule has 0 amide bonds. The van der Waals surface area contributed by atoms with Crippen molar-refractivity contribution in [3.8, 4) is 11.4 Å². The molecule has 0 atom stereocenters. The molecule has 4 aromatic rings. The molecule has 5 nitrogen and oxygen atoms in total. The lowest BCUT2D eigenvalue weighted by Crippen LogP contribution is -2.09. The molecule has 1 heterocycles. The Labute approximate surface area is 431 Å². The Kier molecular flexibility index (Phi) is 31.2. The standard InChI is InChI=1S/C65H105N5/c1-8-15-21-27-33-39-55-49-59(50-56(40-34-28-22-16-9-2)61(55)43-37-31-25-19-12-5)66-64-68-63(54-47-45-53(14-7)46-48-54)69-65(70-64)67-60-51-57(41-35-29-23-17-10-3)62(44-38-32-26-20-13-6)58(52-60)42-36-30-24-18-11-4/h45-52H,8-44H2,1-7H3,(H2,66,67,68,69,70). The van der Waals surface area contributed by atoms with Gasteiger partial charge in [-0.1, -0.05) is 227 Å². The Balaban J connectivity index is 1.80. The molecule has 0 bridgehead atoms. The predicted molar refractivity (Wildman–Crippen MR) is 309 cm³/mol. The number of anilines is 4. The molecule has 5 heteroatoms. The maximum atomic E-state index is 5.24. The van der Waals surface area contributed by atoms with Crippen molar-refractivity contribution in [2.75, 3.05) is 10.6 Å². The Hall–Kier alpha value is -3.73. The molecule has 0 saturated carbocycles. The van der Waals surface area contributed by atoms with E-state index in [1.807, 2.05) is 0 Å². The highest BCUT2D eigenvalue weighted by Gasteiger charge is 2.17. The minimum atomic E-state index is 0.609. The van der Waals surface area contributed by atoms with Crippen LogP contribution in [0.1, 0.15) is 280 Å². The van der Waals surface area contributed by atoms with Crippen LogP contribution in [-0.4, -0.2) is 15.0 Å². The molecule has 1 aromatic heterocycles. The van der Waals surface area contributed by atoms with E-state index in [-0.39, 0.29) is 0 Å². The fourth-order valence-corrected chi connectivity index (χ4v) is 10.5. The molecule has 0 aliphatic heterocycles. The summed E-state index contributed by atoms with van der Waals surface area (Å²) in [4.78, 5) is 15.7. The minimum absolute atomic E-state index is 0.609. The monoisotopic (exact) mass is 956 g/mol. The van der Waals surface area contributed by atoms with Crippen LogP contribution in [0, 0.1) is 0 Å². The zero-order valence-electron chi connectivity index (χ0n) is 46.6. The highest BCUT2D eigenvalue weighted by Crippen LogP contribution is 2.32. The third kappa shape index (κ3) is 22.8. The molecule has 3 aromatic carbocycles. The van der Waals surface area contributed by atoms with Crippen molar-refractivity contribution in [3.63, 3.8) is 0 Å². The number of benzene rings is 3. The number of hydrogen-bond acceptors (Lipinski definition) is 5. The molecule has 0 unspecified atom stereocenters. The van der Waals surface area contributed by atoms with Crippen molar-refractivity contribution >= 4 is 23.3 Å². The average Bonchev–Trinajstić information content (AvgIpc) is 3.37. The molecular weight excluding hydrogens is 851 g/mol. The van der Waals surface area contributed by atoms with E-state index in [1.54, 1.807) is 33.4 Å². The molecule has 0 fully saturated rings. The SMILES string of the molecule is CCCCCCCc1cc(Nc2nc(Nc3cc(CCCCCCC)c(CCCCCCC)c(CCCCCCC)c3)nc(-c3ccc(CC)cc3)n2)cc(CCCCCCC)c1CCCCCCC. The quantitative estimate of drug-likeness (QED) is 0.0433. The molecule has 0 saturated heterocycles. The number of aromatic nitrogens is 3. The van der Waals surface area contributed by atoms with Crippen LogP contribution in [0.25, 0.3) is 11.4 Å². The summed E-state index contributed by atoms with van der Waals surface area (Å²) in [6, 6.07) is 18.7. The van der Waals surface area contributed by atoms with Gasteiger partial charge in [-0.2, -0.15) is 15.0 Å². The zero-order valence-corrected chi connectivity index (χ0v) is 46.6. The van der Waals surface area contributed by atoms with Gasteiger partial charge in [-0.25, -0.2) is 0 Å². The number of nitrogens with zero attached hydrogens (tertiary/aromatic N) is 3. The van der Waals surface area contributed by atoms with E-state index < -0.39 is 0 Å². The Morgan fingerprint density at radius 3 is 0.886 bits per heavy atom. The normalized spacial score (nSPS) is 11.5. The summed E-state index contributed by atoms with van der Waals surface area (Å²) in [7, 11) is 0. The van der Waals surface area contributed by atoms with E-state index in [4.69, 9.17) is 15.0 Å². The van der Waals surface area contributed by atoms with Crippen LogP contribution in [0.2, 0.25) is 0 Å². The molecule has 0 aliphatic carbocycles. The van der Waals surface area contributed by atoms with Crippen molar-refractivity contribution in [3.05, 3.63) is 87.5 Å². The first kappa shape index (κ1) is 58.8. The van der Waals surface area contributed by atoms with Gasteiger partial charge in [0.25, 0.3) is 0 Å². The maximum absolute atomic E-state index is 5.24. The molecular formula is C65H105N5. The highest BCUT2D eigenvalue weighted by atomic mass is 15.2. The maximum Gasteiger partial charge on any atom is 0.232 e. The van der Waals surface area contributed by atoms with Crippen LogP contribution in [-0.2, 0) is 44.9 Å². The van der Waals surface area contributed by atoms with Crippen LogP contribution < -0.4 is 10.6 Å². The van der Waals surface area contributed by atoms with E-state index >= 15 is 0 Å². The molecule has 0 aliphatic rings. The molecule has 2 N–H and O–H groups in total. The van der Waals surface area contributed by atoms with E-state index in [9.17, 15) is 0 Å². The summed E-state index contributed by atoms with van der Waals surface area (Å²) in [5.74, 6) is 1.92. The average molecular weight is 957 g/mol. The van der Waals surface area contributed by atoms with Crippen LogP contribution in [0.5, 0.6) is 0 Å². The summed E-state index contributed by atoms with van der Waals surface area (Å²) < 4.78 is 0. The molecule has 390 valence electrons. The van der Waals surface area contributed by atoms with Gasteiger partial charge in [0.15, 0.2) is 5.82 Å². The number of aryl methyl sites for hydroxylation is 5. The summed E-state index contributed by atoms with van der Waals surface area (Å²) >= 11 is 0. The minimum Gasteiger partial charge on any atom is -0.324 e. The lowest BCUT2D eigenvalue weighted by Gasteiger charge is -2.20. The summed E-state index contributed by atoms with van der Waals surface area (Å²) in [5.41, 5.74) is 14.0. The van der Waals surface area contributed by atoms with Crippen LogP contribution in [0.4, 0.5) is 23.3 Å². The van der Waals surface area contributed by atoms with E-state index in [0.717, 1.165) is 49.0 Å². The van der Waals surface area contributed by atoms with Crippen molar-refractivity contribution in [1.29, 1.82) is 0 Å². The fourth-order valence-electron chi connectivity index (χ4n) is 10.5. The van der Waals surface area contributed by atoms with Gasteiger partial charge in [-0.05, 0) is 147 Å². The largest absolute Gasteiger partial charge is 0.324 e. The van der Waals surface area contributed by atoms with Gasteiger partial charge >= 0.3 is 0 Å². The molecule has 0 spiro atoms. The van der Waals surface area contributed by atoms with Crippen molar-refractivity contribution < 1.29 is 0 Å². The van der Waals surface area contributed by atoms with Gasteiger partial charge < -0.3 is 10.6 Å². The smallest absolute Gasteiger partial charge is 0.232 e. The topological polar surface area (TPSA) is 62.7 Å². The summed E-state index contributed by atoms with van der Waals surface area (Å²) in [6.45, 7) is 16.1. The van der Waals surface area contributed by atoms with Crippen molar-refractivity contribution in [2.45, 2.75) is 286 Å². The second kappa shape index (κ2) is 37.1. The first-order chi connectivity index (χ1) is 34.5. The first-order valence-electron chi connectivity index (χ1n) is 30.1. The van der Waals surface area contributed by atoms with E-state index in [2.05, 4.69) is 108 Å². The predicted octanol–water partition coefficient (Wildman–Crippen LogP) is 20.7. The van der Waals surface area contributed by atoms with E-state index in [0.29, 0.717) is 17.7 Å². The second-order valence-corrected chi connectivity index (χ2v) is 21.1. The summed E-state index contributed by atoms with van der Waals surface area (Å²) in [6.07, 6.45) is 47.1. The van der Waals surface area contributed by atoms with Gasteiger partial charge in [0, 0.05) is 16.9 Å². The van der Waals surface area contributed by atoms with Gasteiger partial charge in [-0.15, -0.1) is 0 Å². The number of rotatable bonds is 42. The first-order valence-corrected chi connectivity index (χ1v) is 30.1. The lowest BCUT2D eigenvalue weighted by atomic mass is 9.89. The van der Waals surface area contributed by atoms with Gasteiger partial charge in [-0.3, -0.25) is 0 Å². The molecule has 4 rings (SSSR count). The third-order valence-electron chi connectivity index (χ3n) is 14.9. The Bertz CT molecular complexity index is 1760. The zero-order chi connectivity index (χ0) is 49.9. The number of hydrogen-bond donors (Lipinski definition) is 2. The van der Waals surface area contributed by atoms with Gasteiger partial charge in [0.05, 0.1) is 0 Å². The number of nitrogens with one attached hydrogen (secondary N) is 2. The third-order valence-corrected chi connectivity index (χ3v) is 14.9. The molecule has 70 heavy (non-hydrogen) atoms. The second-order valence-electron chi connectivity index (χ2n) is 21.1. The number of unbranched alkanes of at least 4 members (excludes halogenated alkanes) is 24. The lowest BCUT2D eigenvalue weighted by molar-refractivity contribution is 0.613. The summed E-state index contributed by atoms with van der Waals surface area (Å²) in [5, 5.41) is 7.67. The van der Waals surface area contributed by atoms with Gasteiger partial charge in [0.2, 0.25) is 11.9 Å². The van der Waals surface area contributed by atoms with Crippen LogP contribution >= 0.6 is 0 Å². The van der Waals surface area contributed by atoms with Gasteiger partial charge in [0.1, 0.15) is 0 Å². The molecule has 0 radical (unpaired) electrons. The fraction of sp³-hybridized carbons (Fsp3) is 0.677. The Morgan fingerprint density at radius 1 is 0.314 bits per heavy atom.